The molecule has 2 aromatic rings. The third kappa shape index (κ3) is 3.73. The van der Waals surface area contributed by atoms with Crippen LogP contribution in [0.4, 0.5) is 0 Å². The zero-order valence-electron chi connectivity index (χ0n) is 10.3. The molecule has 3 heteroatoms. The number of benzene rings is 2. The van der Waals surface area contributed by atoms with Gasteiger partial charge < -0.3 is 0 Å². The minimum Gasteiger partial charge on any atom is -0.198 e. The van der Waals surface area contributed by atoms with Crippen molar-refractivity contribution in [2.24, 2.45) is 0 Å². The molecule has 0 aliphatic carbocycles. The first kappa shape index (κ1) is 13.9. The van der Waals surface area contributed by atoms with E-state index in [4.69, 9.17) is 23.2 Å². The molecule has 19 heavy (non-hydrogen) atoms. The van der Waals surface area contributed by atoms with Crippen molar-refractivity contribution in [1.29, 1.82) is 5.26 Å². The summed E-state index contributed by atoms with van der Waals surface area (Å²) in [7, 11) is 0. The lowest BCUT2D eigenvalue weighted by molar-refractivity contribution is 0.746. The summed E-state index contributed by atoms with van der Waals surface area (Å²) in [6, 6.07) is 17.8. The van der Waals surface area contributed by atoms with Gasteiger partial charge in [0.1, 0.15) is 0 Å². The Kier molecular flexibility index (Phi) is 4.85. The quantitative estimate of drug-likeness (QED) is 0.756. The van der Waals surface area contributed by atoms with E-state index in [0.29, 0.717) is 10.0 Å². The van der Waals surface area contributed by atoms with Crippen molar-refractivity contribution in [1.82, 2.24) is 0 Å². The van der Waals surface area contributed by atoms with E-state index in [2.05, 4.69) is 18.2 Å². The largest absolute Gasteiger partial charge is 0.198 e. The van der Waals surface area contributed by atoms with E-state index >= 15 is 0 Å². The predicted molar refractivity (Wildman–Crippen MR) is 79.6 cm³/mol. The average Bonchev–Trinajstić information content (AvgIpc) is 2.42. The standard InChI is InChI=1S/C16H13Cl2N/c17-14-8-9-15(16(18)10-14)13(11-19)7-6-12-4-2-1-3-5-12/h1-5,8-10,13H,6-7H2/t13-/m1/s1. The summed E-state index contributed by atoms with van der Waals surface area (Å²) in [5, 5.41) is 10.5. The molecule has 0 bridgehead atoms. The molecule has 0 N–H and O–H groups in total. The van der Waals surface area contributed by atoms with Gasteiger partial charge in [-0.25, -0.2) is 0 Å². The number of hydrogen-bond acceptors (Lipinski definition) is 1. The zero-order chi connectivity index (χ0) is 13.7. The summed E-state index contributed by atoms with van der Waals surface area (Å²) in [5.41, 5.74) is 2.08. The van der Waals surface area contributed by atoms with Gasteiger partial charge in [-0.15, -0.1) is 0 Å². The molecule has 0 fully saturated rings. The molecule has 2 rings (SSSR count). The Bertz CT molecular complexity index is 587. The Labute approximate surface area is 123 Å². The molecule has 0 aliphatic heterocycles. The first-order valence-corrected chi connectivity index (χ1v) is 6.85. The molecule has 0 aliphatic rings. The number of aryl methyl sites for hydroxylation is 1. The van der Waals surface area contributed by atoms with Gasteiger partial charge in [0, 0.05) is 10.0 Å². The predicted octanol–water partition coefficient (Wildman–Crippen LogP) is 5.23. The number of nitrogens with zero attached hydrogens (tertiary/aromatic N) is 1. The number of nitriles is 1. The summed E-state index contributed by atoms with van der Waals surface area (Å²) in [6.45, 7) is 0. The van der Waals surface area contributed by atoms with E-state index in [9.17, 15) is 5.26 Å². The highest BCUT2D eigenvalue weighted by atomic mass is 35.5. The fraction of sp³-hybridized carbons (Fsp3) is 0.188. The Morgan fingerprint density at radius 3 is 2.42 bits per heavy atom. The van der Waals surface area contributed by atoms with Crippen LogP contribution in [0, 0.1) is 11.3 Å². The van der Waals surface area contributed by atoms with Crippen molar-refractivity contribution in [2.45, 2.75) is 18.8 Å². The normalized spacial score (nSPS) is 11.8. The first-order chi connectivity index (χ1) is 9.20. The first-order valence-electron chi connectivity index (χ1n) is 6.09. The van der Waals surface area contributed by atoms with E-state index in [1.54, 1.807) is 12.1 Å². The minimum atomic E-state index is -0.204. The molecule has 0 saturated heterocycles. The molecule has 0 aromatic heterocycles. The maximum atomic E-state index is 9.31. The van der Waals surface area contributed by atoms with Crippen LogP contribution in [0.2, 0.25) is 10.0 Å². The summed E-state index contributed by atoms with van der Waals surface area (Å²) in [6.07, 6.45) is 1.61. The summed E-state index contributed by atoms with van der Waals surface area (Å²) < 4.78 is 0. The van der Waals surface area contributed by atoms with Gasteiger partial charge in [0.25, 0.3) is 0 Å². The molecular weight excluding hydrogens is 277 g/mol. The summed E-state index contributed by atoms with van der Waals surface area (Å²) >= 11 is 12.0. The lowest BCUT2D eigenvalue weighted by atomic mass is 9.93. The van der Waals surface area contributed by atoms with E-state index < -0.39 is 0 Å². The van der Waals surface area contributed by atoms with Crippen LogP contribution in [-0.2, 0) is 6.42 Å². The van der Waals surface area contributed by atoms with Crippen LogP contribution in [0.25, 0.3) is 0 Å². The van der Waals surface area contributed by atoms with Crippen LogP contribution in [0.1, 0.15) is 23.5 Å². The minimum absolute atomic E-state index is 0.204. The Balaban J connectivity index is 2.11. The molecule has 0 radical (unpaired) electrons. The highest BCUT2D eigenvalue weighted by molar-refractivity contribution is 6.35. The van der Waals surface area contributed by atoms with E-state index in [1.807, 2.05) is 24.3 Å². The second kappa shape index (κ2) is 6.61. The Morgan fingerprint density at radius 2 is 1.79 bits per heavy atom. The molecule has 0 heterocycles. The van der Waals surface area contributed by atoms with Gasteiger partial charge in [-0.05, 0) is 36.1 Å². The SMILES string of the molecule is N#C[C@@H](CCc1ccccc1)c1ccc(Cl)cc1Cl. The van der Waals surface area contributed by atoms with Crippen LogP contribution in [0.5, 0.6) is 0 Å². The maximum Gasteiger partial charge on any atom is 0.0730 e. The fourth-order valence-corrected chi connectivity index (χ4v) is 2.57. The maximum absolute atomic E-state index is 9.31. The zero-order valence-corrected chi connectivity index (χ0v) is 11.8. The second-order valence-corrected chi connectivity index (χ2v) is 5.22. The van der Waals surface area contributed by atoms with Crippen molar-refractivity contribution < 1.29 is 0 Å². The van der Waals surface area contributed by atoms with E-state index in [-0.39, 0.29) is 5.92 Å². The smallest absolute Gasteiger partial charge is 0.0730 e. The lowest BCUT2D eigenvalue weighted by Gasteiger charge is -2.11. The Morgan fingerprint density at radius 1 is 1.05 bits per heavy atom. The number of hydrogen-bond donors (Lipinski definition) is 0. The van der Waals surface area contributed by atoms with Gasteiger partial charge in [0.2, 0.25) is 0 Å². The fourth-order valence-electron chi connectivity index (χ4n) is 2.03. The van der Waals surface area contributed by atoms with Crippen LogP contribution in [-0.4, -0.2) is 0 Å². The summed E-state index contributed by atoms with van der Waals surface area (Å²) in [5.74, 6) is -0.204. The third-order valence-electron chi connectivity index (χ3n) is 3.06. The second-order valence-electron chi connectivity index (χ2n) is 4.37. The topological polar surface area (TPSA) is 23.8 Å². The van der Waals surface area contributed by atoms with Crippen LogP contribution in [0.15, 0.2) is 48.5 Å². The summed E-state index contributed by atoms with van der Waals surface area (Å²) in [4.78, 5) is 0. The van der Waals surface area contributed by atoms with Crippen molar-refractivity contribution >= 4 is 23.2 Å². The van der Waals surface area contributed by atoms with E-state index in [1.165, 1.54) is 5.56 Å². The van der Waals surface area contributed by atoms with Gasteiger partial charge in [0.05, 0.1) is 12.0 Å². The van der Waals surface area contributed by atoms with Gasteiger partial charge in [-0.1, -0.05) is 59.6 Å². The van der Waals surface area contributed by atoms with Gasteiger partial charge >= 0.3 is 0 Å². The number of halogens is 2. The van der Waals surface area contributed by atoms with E-state index in [0.717, 1.165) is 18.4 Å². The van der Waals surface area contributed by atoms with Crippen molar-refractivity contribution in [3.05, 3.63) is 69.7 Å². The molecular formula is C16H13Cl2N. The monoisotopic (exact) mass is 289 g/mol. The molecule has 0 saturated carbocycles. The van der Waals surface area contributed by atoms with Crippen molar-refractivity contribution in [3.8, 4) is 6.07 Å². The molecule has 0 unspecified atom stereocenters. The Hall–Kier alpha value is -1.49. The molecule has 1 nitrogen and oxygen atoms in total. The van der Waals surface area contributed by atoms with Gasteiger partial charge in [-0.3, -0.25) is 0 Å². The third-order valence-corrected chi connectivity index (χ3v) is 3.62. The highest BCUT2D eigenvalue weighted by Gasteiger charge is 2.14. The van der Waals surface area contributed by atoms with Crippen LogP contribution in [0.3, 0.4) is 0 Å². The molecule has 96 valence electrons. The molecule has 0 spiro atoms. The van der Waals surface area contributed by atoms with Crippen LogP contribution < -0.4 is 0 Å². The van der Waals surface area contributed by atoms with Gasteiger partial charge in [0.15, 0.2) is 0 Å². The van der Waals surface area contributed by atoms with Crippen molar-refractivity contribution in [3.63, 3.8) is 0 Å². The molecule has 2 aromatic carbocycles. The lowest BCUT2D eigenvalue weighted by Crippen LogP contribution is -1.99. The molecule has 1 atom stereocenters. The highest BCUT2D eigenvalue weighted by Crippen LogP contribution is 2.30. The van der Waals surface area contributed by atoms with Gasteiger partial charge in [-0.2, -0.15) is 5.26 Å². The number of rotatable bonds is 4. The molecule has 0 amide bonds. The van der Waals surface area contributed by atoms with Crippen molar-refractivity contribution in [2.75, 3.05) is 0 Å². The average molecular weight is 290 g/mol. The van der Waals surface area contributed by atoms with Crippen LogP contribution >= 0.6 is 23.2 Å².